The van der Waals surface area contributed by atoms with E-state index in [9.17, 15) is 19.5 Å². The largest absolute Gasteiger partial charge is 0.471 e. The van der Waals surface area contributed by atoms with E-state index in [2.05, 4.69) is 29.2 Å². The lowest BCUT2D eigenvalue weighted by atomic mass is 10.0. The van der Waals surface area contributed by atoms with Gasteiger partial charge < -0.3 is 25.2 Å². The Bertz CT molecular complexity index is 682. The minimum absolute atomic E-state index is 0.127. The standard InChI is InChI=1S/C32H62N2O5S.C2H4O2/c1-4-6-8-10-11-12-13-14-15-16-17-19-21-23-31(37)39-24-25-40-27-29(32(38)33-28(3)26-35)34-30(36)22-20-18-9-7-5-2;1-4-2-3/h28-29,35H,4-27H2,1-3H3,(H,33,38)(H,34,36);2H,1H3. The molecule has 0 bridgehead atoms. The second-order valence-corrected chi connectivity index (χ2v) is 12.6. The van der Waals surface area contributed by atoms with E-state index in [1.54, 1.807) is 6.92 Å². The normalized spacial score (nSPS) is 11.9. The van der Waals surface area contributed by atoms with Gasteiger partial charge in [0, 0.05) is 30.4 Å². The molecule has 0 fully saturated rings. The zero-order chi connectivity index (χ0) is 33.1. The molecule has 0 aromatic rings. The van der Waals surface area contributed by atoms with Crippen LogP contribution in [0.25, 0.3) is 0 Å². The maximum atomic E-state index is 12.6. The van der Waals surface area contributed by atoms with Gasteiger partial charge in [-0.3, -0.25) is 19.2 Å². The molecule has 0 saturated carbocycles. The maximum Gasteiger partial charge on any atom is 0.305 e. The number of methoxy groups -OCH3 is 1. The second-order valence-electron chi connectivity index (χ2n) is 11.5. The predicted octanol–water partition coefficient (Wildman–Crippen LogP) is 6.88. The number of aliphatic hydroxyl groups is 1. The highest BCUT2D eigenvalue weighted by atomic mass is 32.2. The van der Waals surface area contributed by atoms with Crippen LogP contribution < -0.4 is 10.6 Å². The first kappa shape index (κ1) is 44.3. The maximum absolute atomic E-state index is 12.6. The molecule has 44 heavy (non-hydrogen) atoms. The van der Waals surface area contributed by atoms with Crippen LogP contribution in [0.2, 0.25) is 0 Å². The molecule has 3 N–H and O–H groups in total. The average Bonchev–Trinajstić information content (AvgIpc) is 3.02. The van der Waals surface area contributed by atoms with Crippen LogP contribution in [-0.2, 0) is 28.7 Å². The molecule has 0 aromatic heterocycles. The number of carbonyl (C=O) groups excluding carboxylic acids is 4. The van der Waals surface area contributed by atoms with Gasteiger partial charge in [-0.05, 0) is 19.8 Å². The van der Waals surface area contributed by atoms with Crippen molar-refractivity contribution < 1.29 is 33.8 Å². The minimum atomic E-state index is -0.677. The number of ether oxygens (including phenoxy) is 2. The van der Waals surface area contributed by atoms with E-state index in [-0.39, 0.29) is 30.4 Å². The zero-order valence-corrected chi connectivity index (χ0v) is 29.3. The highest BCUT2D eigenvalue weighted by molar-refractivity contribution is 7.99. The highest BCUT2D eigenvalue weighted by Gasteiger charge is 2.22. The molecule has 10 heteroatoms. The van der Waals surface area contributed by atoms with Crippen LogP contribution in [0.3, 0.4) is 0 Å². The Morgan fingerprint density at radius 2 is 1.20 bits per heavy atom. The van der Waals surface area contributed by atoms with Crippen molar-refractivity contribution in [3.05, 3.63) is 0 Å². The van der Waals surface area contributed by atoms with Crippen LogP contribution in [0.15, 0.2) is 0 Å². The van der Waals surface area contributed by atoms with E-state index in [0.29, 0.717) is 37.4 Å². The van der Waals surface area contributed by atoms with Crippen LogP contribution >= 0.6 is 11.8 Å². The number of carbonyl (C=O) groups is 4. The lowest BCUT2D eigenvalue weighted by Crippen LogP contribution is -2.51. The third kappa shape index (κ3) is 33.1. The van der Waals surface area contributed by atoms with Crippen molar-refractivity contribution in [1.29, 1.82) is 0 Å². The molecule has 2 unspecified atom stereocenters. The van der Waals surface area contributed by atoms with Gasteiger partial charge in [0.25, 0.3) is 6.47 Å². The van der Waals surface area contributed by atoms with Crippen molar-refractivity contribution in [3.8, 4) is 0 Å². The van der Waals surface area contributed by atoms with Gasteiger partial charge in [0.2, 0.25) is 11.8 Å². The summed E-state index contributed by atoms with van der Waals surface area (Å²) in [6, 6.07) is -1.05. The Morgan fingerprint density at radius 3 is 1.66 bits per heavy atom. The molecule has 0 aromatic carbocycles. The summed E-state index contributed by atoms with van der Waals surface area (Å²) < 4.78 is 9.22. The van der Waals surface area contributed by atoms with Crippen LogP contribution in [0, 0.1) is 0 Å². The van der Waals surface area contributed by atoms with Gasteiger partial charge in [-0.15, -0.1) is 0 Å². The summed E-state index contributed by atoms with van der Waals surface area (Å²) in [6.45, 7) is 6.64. The van der Waals surface area contributed by atoms with E-state index in [1.807, 2.05) is 0 Å². The molecule has 0 saturated heterocycles. The first-order valence-corrected chi connectivity index (χ1v) is 18.4. The van der Waals surface area contributed by atoms with E-state index in [1.165, 1.54) is 95.9 Å². The fraction of sp³-hybridized carbons (Fsp3) is 0.882. The molecule has 0 radical (unpaired) electrons. The van der Waals surface area contributed by atoms with Crippen LogP contribution in [0.1, 0.15) is 149 Å². The van der Waals surface area contributed by atoms with Gasteiger partial charge in [-0.2, -0.15) is 11.8 Å². The Morgan fingerprint density at radius 1 is 0.750 bits per heavy atom. The Balaban J connectivity index is 0. The first-order valence-electron chi connectivity index (χ1n) is 17.3. The number of unbranched alkanes of at least 4 members (excludes halogenated alkanes) is 16. The van der Waals surface area contributed by atoms with E-state index in [4.69, 9.17) is 9.53 Å². The Labute approximate surface area is 273 Å². The van der Waals surface area contributed by atoms with Crippen LogP contribution in [0.5, 0.6) is 0 Å². The molecule has 2 atom stereocenters. The third-order valence-electron chi connectivity index (χ3n) is 7.18. The SMILES string of the molecule is CCCCCCCCCCCCCCCC(=O)OCCSCC(NC(=O)CCCCCCC)C(=O)NC(C)CO.COC=O. The molecular formula is C34H66N2O7S. The van der Waals surface area contributed by atoms with Gasteiger partial charge in [0.15, 0.2) is 0 Å². The lowest BCUT2D eigenvalue weighted by molar-refractivity contribution is -0.143. The van der Waals surface area contributed by atoms with Crippen molar-refractivity contribution in [2.45, 2.75) is 161 Å². The summed E-state index contributed by atoms with van der Waals surface area (Å²) in [4.78, 5) is 46.0. The van der Waals surface area contributed by atoms with E-state index >= 15 is 0 Å². The van der Waals surface area contributed by atoms with E-state index in [0.717, 1.165) is 38.5 Å². The second kappa shape index (κ2) is 35.7. The Kier molecular flexibility index (Phi) is 35.9. The zero-order valence-electron chi connectivity index (χ0n) is 28.5. The highest BCUT2D eigenvalue weighted by Crippen LogP contribution is 2.13. The molecule has 260 valence electrons. The van der Waals surface area contributed by atoms with Crippen LogP contribution in [-0.4, -0.2) is 73.3 Å². The molecular weight excluding hydrogens is 580 g/mol. The molecule has 0 heterocycles. The predicted molar refractivity (Wildman–Crippen MR) is 182 cm³/mol. The molecule has 9 nitrogen and oxygen atoms in total. The topological polar surface area (TPSA) is 131 Å². The van der Waals surface area contributed by atoms with Crippen molar-refractivity contribution in [2.75, 3.05) is 31.8 Å². The summed E-state index contributed by atoms with van der Waals surface area (Å²) in [5.74, 6) is 0.371. The third-order valence-corrected chi connectivity index (χ3v) is 8.20. The number of aliphatic hydroxyl groups excluding tert-OH is 1. The summed E-state index contributed by atoms with van der Waals surface area (Å²) >= 11 is 1.48. The van der Waals surface area contributed by atoms with Crippen molar-refractivity contribution in [3.63, 3.8) is 0 Å². The molecule has 0 aliphatic carbocycles. The number of nitrogens with one attached hydrogen (secondary N) is 2. The molecule has 2 amide bonds. The van der Waals surface area contributed by atoms with E-state index < -0.39 is 6.04 Å². The minimum Gasteiger partial charge on any atom is -0.471 e. The number of amides is 2. The fourth-order valence-electron chi connectivity index (χ4n) is 4.50. The van der Waals surface area contributed by atoms with Crippen LogP contribution in [0.4, 0.5) is 0 Å². The van der Waals surface area contributed by atoms with Gasteiger partial charge in [0.1, 0.15) is 12.6 Å². The number of thioether (sulfide) groups is 1. The van der Waals surface area contributed by atoms with Gasteiger partial charge in [-0.1, -0.05) is 117 Å². The smallest absolute Gasteiger partial charge is 0.305 e. The molecule has 0 rings (SSSR count). The summed E-state index contributed by atoms with van der Waals surface area (Å²) in [6.07, 6.45) is 22.7. The molecule has 0 spiro atoms. The van der Waals surface area contributed by atoms with Crippen molar-refractivity contribution in [2.24, 2.45) is 0 Å². The fourth-order valence-corrected chi connectivity index (χ4v) is 5.34. The number of esters is 1. The monoisotopic (exact) mass is 646 g/mol. The molecule has 0 aliphatic rings. The number of hydrogen-bond acceptors (Lipinski definition) is 8. The van der Waals surface area contributed by atoms with Gasteiger partial charge >= 0.3 is 5.97 Å². The van der Waals surface area contributed by atoms with Gasteiger partial charge in [0.05, 0.1) is 13.7 Å². The lowest BCUT2D eigenvalue weighted by Gasteiger charge is -2.20. The van der Waals surface area contributed by atoms with Crippen molar-refractivity contribution >= 4 is 36.0 Å². The summed E-state index contributed by atoms with van der Waals surface area (Å²) in [5.41, 5.74) is 0. The quantitative estimate of drug-likeness (QED) is 0.0438. The Hall–Kier alpha value is -1.81. The number of rotatable bonds is 30. The first-order chi connectivity index (χ1) is 21.4. The van der Waals surface area contributed by atoms with Crippen molar-refractivity contribution in [1.82, 2.24) is 10.6 Å². The van der Waals surface area contributed by atoms with Gasteiger partial charge in [-0.25, -0.2) is 0 Å². The number of hydrogen-bond donors (Lipinski definition) is 3. The molecule has 0 aliphatic heterocycles. The average molecular weight is 647 g/mol. The summed E-state index contributed by atoms with van der Waals surface area (Å²) in [5, 5.41) is 14.8. The summed E-state index contributed by atoms with van der Waals surface area (Å²) in [7, 11) is 1.31.